The minimum atomic E-state index is 1.03. The average Bonchev–Trinajstić information content (AvgIpc) is 3.53. The van der Waals surface area contributed by atoms with Crippen LogP contribution in [0.1, 0.15) is 0 Å². The van der Waals surface area contributed by atoms with Crippen molar-refractivity contribution in [3.05, 3.63) is 85.2 Å². The smallest absolute Gasteiger partial charge is 0.145 e. The second-order valence-electron chi connectivity index (χ2n) is 7.99. The Morgan fingerprint density at radius 2 is 1.16 bits per heavy atom. The molecule has 0 spiro atoms. The molecular formula is C27H14N2S2. The van der Waals surface area contributed by atoms with Crippen molar-refractivity contribution >= 4 is 90.3 Å². The fraction of sp³-hybridized carbons (Fsp3) is 0. The van der Waals surface area contributed by atoms with Crippen molar-refractivity contribution in [2.45, 2.75) is 0 Å². The highest BCUT2D eigenvalue weighted by atomic mass is 32.1. The van der Waals surface area contributed by atoms with E-state index in [-0.39, 0.29) is 0 Å². The highest BCUT2D eigenvalue weighted by Gasteiger charge is 2.22. The fourth-order valence-corrected chi connectivity index (χ4v) is 7.78. The predicted octanol–water partition coefficient (Wildman–Crippen LogP) is 8.38. The van der Waals surface area contributed by atoms with Gasteiger partial charge in [-0.3, -0.25) is 4.40 Å². The molecule has 4 aromatic heterocycles. The van der Waals surface area contributed by atoms with Crippen molar-refractivity contribution in [3.63, 3.8) is 0 Å². The highest BCUT2D eigenvalue weighted by molar-refractivity contribution is 7.33. The Morgan fingerprint density at radius 1 is 0.581 bits per heavy atom. The minimum absolute atomic E-state index is 1.03. The lowest BCUT2D eigenvalue weighted by atomic mass is 9.98. The number of aromatic nitrogens is 2. The Hall–Kier alpha value is -3.47. The van der Waals surface area contributed by atoms with E-state index in [1.54, 1.807) is 0 Å². The maximum Gasteiger partial charge on any atom is 0.145 e. The van der Waals surface area contributed by atoms with E-state index in [4.69, 9.17) is 4.98 Å². The molecule has 8 aromatic rings. The molecule has 4 aromatic carbocycles. The summed E-state index contributed by atoms with van der Waals surface area (Å²) < 4.78 is 7.78. The molecule has 8 rings (SSSR count). The van der Waals surface area contributed by atoms with Crippen molar-refractivity contribution < 1.29 is 0 Å². The monoisotopic (exact) mass is 430 g/mol. The van der Waals surface area contributed by atoms with Crippen LogP contribution in [0.25, 0.3) is 67.7 Å². The minimum Gasteiger partial charge on any atom is -0.298 e. The first-order valence-corrected chi connectivity index (χ1v) is 12.0. The lowest BCUT2D eigenvalue weighted by molar-refractivity contribution is 1.28. The molecule has 0 unspecified atom stereocenters. The molecule has 2 nitrogen and oxygen atoms in total. The van der Waals surface area contributed by atoms with Crippen LogP contribution in [-0.4, -0.2) is 9.38 Å². The summed E-state index contributed by atoms with van der Waals surface area (Å²) in [4.78, 5) is 4.77. The fourth-order valence-electron chi connectivity index (χ4n) is 5.22. The molecule has 0 aliphatic heterocycles. The largest absolute Gasteiger partial charge is 0.298 e. The van der Waals surface area contributed by atoms with Gasteiger partial charge in [-0.25, -0.2) is 4.98 Å². The molecule has 0 saturated carbocycles. The van der Waals surface area contributed by atoms with Gasteiger partial charge in [-0.1, -0.05) is 60.7 Å². The summed E-state index contributed by atoms with van der Waals surface area (Å²) in [5, 5.41) is 9.22. The van der Waals surface area contributed by atoms with Crippen molar-refractivity contribution in [2.24, 2.45) is 0 Å². The predicted molar refractivity (Wildman–Crippen MR) is 136 cm³/mol. The van der Waals surface area contributed by atoms with Crippen LogP contribution in [0.5, 0.6) is 0 Å². The van der Waals surface area contributed by atoms with Crippen LogP contribution in [0, 0.1) is 0 Å². The number of fused-ring (bicyclic) bond motifs is 15. The van der Waals surface area contributed by atoms with Crippen LogP contribution in [0.3, 0.4) is 0 Å². The SMILES string of the molecule is c1ccc2c(c1)sc1c3sc4ccccc4c3c3c(c4ccccc4c4nccn43)c21. The van der Waals surface area contributed by atoms with Gasteiger partial charge in [-0.15, -0.1) is 22.7 Å². The second kappa shape index (κ2) is 5.61. The normalized spacial score (nSPS) is 12.5. The van der Waals surface area contributed by atoms with Gasteiger partial charge in [0.2, 0.25) is 0 Å². The van der Waals surface area contributed by atoms with Gasteiger partial charge >= 0.3 is 0 Å². The van der Waals surface area contributed by atoms with Crippen molar-refractivity contribution in [2.75, 3.05) is 0 Å². The quantitative estimate of drug-likeness (QED) is 0.221. The number of hydrogen-bond donors (Lipinski definition) is 0. The van der Waals surface area contributed by atoms with Gasteiger partial charge < -0.3 is 0 Å². The third kappa shape index (κ3) is 1.91. The Balaban J connectivity index is 1.89. The van der Waals surface area contributed by atoms with Crippen LogP contribution in [0.15, 0.2) is 85.2 Å². The zero-order valence-corrected chi connectivity index (χ0v) is 17.9. The summed E-state index contributed by atoms with van der Waals surface area (Å²) in [6.45, 7) is 0. The summed E-state index contributed by atoms with van der Waals surface area (Å²) in [5.74, 6) is 0. The van der Waals surface area contributed by atoms with Crippen LogP contribution in [-0.2, 0) is 0 Å². The van der Waals surface area contributed by atoms with Gasteiger partial charge in [-0.2, -0.15) is 0 Å². The first-order chi connectivity index (χ1) is 15.4. The number of pyridine rings is 1. The summed E-state index contributed by atoms with van der Waals surface area (Å²) in [6.07, 6.45) is 4.05. The summed E-state index contributed by atoms with van der Waals surface area (Å²) >= 11 is 3.84. The van der Waals surface area contributed by atoms with E-state index in [1.807, 2.05) is 28.9 Å². The lowest BCUT2D eigenvalue weighted by Gasteiger charge is -2.12. The topological polar surface area (TPSA) is 17.3 Å². The molecule has 144 valence electrons. The third-order valence-electron chi connectivity index (χ3n) is 6.44. The molecule has 0 atom stereocenters. The van der Waals surface area contributed by atoms with Crippen LogP contribution >= 0.6 is 22.7 Å². The summed E-state index contributed by atoms with van der Waals surface area (Å²) in [5.41, 5.74) is 2.30. The molecule has 0 aliphatic rings. The average molecular weight is 431 g/mol. The van der Waals surface area contributed by atoms with E-state index in [0.717, 1.165) is 5.65 Å². The number of benzene rings is 4. The van der Waals surface area contributed by atoms with Gasteiger partial charge in [-0.05, 0) is 17.5 Å². The van der Waals surface area contributed by atoms with Crippen LogP contribution in [0.4, 0.5) is 0 Å². The number of thiophene rings is 2. The number of hydrogen-bond acceptors (Lipinski definition) is 3. The van der Waals surface area contributed by atoms with E-state index >= 15 is 0 Å². The molecule has 0 bridgehead atoms. The molecule has 0 N–H and O–H groups in total. The molecule has 4 heteroatoms. The summed E-state index contributed by atoms with van der Waals surface area (Å²) in [6, 6.07) is 26.4. The lowest BCUT2D eigenvalue weighted by Crippen LogP contribution is -1.92. The Labute approximate surface area is 184 Å². The number of rotatable bonds is 0. The maximum absolute atomic E-state index is 4.77. The van der Waals surface area contributed by atoms with E-state index in [0.29, 0.717) is 0 Å². The first kappa shape index (κ1) is 16.3. The second-order valence-corrected chi connectivity index (χ2v) is 10.1. The molecule has 0 saturated heterocycles. The molecular weight excluding hydrogens is 416 g/mol. The highest BCUT2D eigenvalue weighted by Crippen LogP contribution is 2.50. The van der Waals surface area contributed by atoms with Crippen LogP contribution in [0.2, 0.25) is 0 Å². The molecule has 0 aliphatic carbocycles. The van der Waals surface area contributed by atoms with Crippen molar-refractivity contribution in [3.8, 4) is 0 Å². The standard InChI is InChI=1S/C27H14N2S2/c1-2-8-16-15(7-1)21-22-17-9-3-5-11-19(17)30-25(22)26-23(18-10-4-6-12-20(18)31-26)24(21)29-14-13-28-27(16)29/h1-14H. The van der Waals surface area contributed by atoms with Gasteiger partial charge in [0.05, 0.1) is 14.9 Å². The third-order valence-corrected chi connectivity index (χ3v) is 8.95. The van der Waals surface area contributed by atoms with Gasteiger partial charge in [0.15, 0.2) is 0 Å². The Bertz CT molecular complexity index is 2000. The zero-order valence-electron chi connectivity index (χ0n) is 16.3. The van der Waals surface area contributed by atoms with Gasteiger partial charge in [0, 0.05) is 54.1 Å². The van der Waals surface area contributed by atoms with E-state index in [9.17, 15) is 0 Å². The van der Waals surface area contributed by atoms with Crippen molar-refractivity contribution in [1.82, 2.24) is 9.38 Å². The molecule has 0 fully saturated rings. The Morgan fingerprint density at radius 3 is 1.90 bits per heavy atom. The number of imidazole rings is 1. The van der Waals surface area contributed by atoms with Crippen LogP contribution < -0.4 is 0 Å². The molecule has 0 radical (unpaired) electrons. The first-order valence-electron chi connectivity index (χ1n) is 10.3. The van der Waals surface area contributed by atoms with Gasteiger partial charge in [0.25, 0.3) is 0 Å². The number of nitrogens with zero attached hydrogens (tertiary/aromatic N) is 2. The summed E-state index contributed by atoms with van der Waals surface area (Å²) in [7, 11) is 0. The van der Waals surface area contributed by atoms with Gasteiger partial charge in [0.1, 0.15) is 5.65 Å². The van der Waals surface area contributed by atoms with Crippen molar-refractivity contribution in [1.29, 1.82) is 0 Å². The van der Waals surface area contributed by atoms with E-state index < -0.39 is 0 Å². The Kier molecular flexibility index (Phi) is 2.94. The van der Waals surface area contributed by atoms with E-state index in [2.05, 4.69) is 83.4 Å². The molecule has 31 heavy (non-hydrogen) atoms. The molecule has 4 heterocycles. The van der Waals surface area contributed by atoms with E-state index in [1.165, 1.54) is 62.0 Å². The maximum atomic E-state index is 4.77. The molecule has 0 amide bonds. The zero-order chi connectivity index (χ0) is 20.1.